The van der Waals surface area contributed by atoms with Crippen LogP contribution in [0.25, 0.3) is 11.4 Å². The Bertz CT molecular complexity index is 630. The van der Waals surface area contributed by atoms with Gasteiger partial charge in [-0.05, 0) is 26.0 Å². The van der Waals surface area contributed by atoms with Crippen molar-refractivity contribution in [1.82, 2.24) is 9.97 Å². The Labute approximate surface area is 117 Å². The minimum Gasteiger partial charge on any atom is -0.497 e. The minimum absolute atomic E-state index is 0.0595. The van der Waals surface area contributed by atoms with Crippen LogP contribution in [0.1, 0.15) is 17.0 Å². The van der Waals surface area contributed by atoms with E-state index in [2.05, 4.69) is 9.97 Å². The molecule has 0 bridgehead atoms. The molecule has 104 valence electrons. The number of ether oxygens (including phenoxy) is 1. The predicted octanol–water partition coefficient (Wildman–Crippen LogP) is 2.40. The Balaban J connectivity index is 2.46. The van der Waals surface area contributed by atoms with E-state index in [-0.39, 0.29) is 6.42 Å². The lowest BCUT2D eigenvalue weighted by molar-refractivity contribution is -0.136. The molecular formula is C15H16N2O3. The smallest absolute Gasteiger partial charge is 0.307 e. The van der Waals surface area contributed by atoms with Crippen LogP contribution < -0.4 is 4.74 Å². The summed E-state index contributed by atoms with van der Waals surface area (Å²) >= 11 is 0. The monoisotopic (exact) mass is 272 g/mol. The van der Waals surface area contributed by atoms with Crippen molar-refractivity contribution in [2.45, 2.75) is 20.3 Å². The van der Waals surface area contributed by atoms with Crippen molar-refractivity contribution in [3.05, 3.63) is 41.2 Å². The van der Waals surface area contributed by atoms with Crippen LogP contribution in [0.15, 0.2) is 24.3 Å². The number of aromatic nitrogens is 2. The molecule has 0 unspecified atom stereocenters. The standard InChI is InChI=1S/C15H16N2O3/c1-9-13(8-14(18)19)10(2)17-15(16-9)11-5-4-6-12(7-11)20-3/h4-7H,8H2,1-3H3,(H,18,19). The zero-order valence-corrected chi connectivity index (χ0v) is 11.7. The highest BCUT2D eigenvalue weighted by molar-refractivity contribution is 5.71. The van der Waals surface area contributed by atoms with Gasteiger partial charge >= 0.3 is 5.97 Å². The number of carboxylic acid groups (broad SMARTS) is 1. The van der Waals surface area contributed by atoms with Gasteiger partial charge in [-0.15, -0.1) is 0 Å². The summed E-state index contributed by atoms with van der Waals surface area (Å²) in [5, 5.41) is 8.90. The summed E-state index contributed by atoms with van der Waals surface area (Å²) in [6.07, 6.45) is -0.0595. The van der Waals surface area contributed by atoms with Gasteiger partial charge in [-0.25, -0.2) is 9.97 Å². The highest BCUT2D eigenvalue weighted by Crippen LogP contribution is 2.23. The first-order valence-electron chi connectivity index (χ1n) is 6.21. The van der Waals surface area contributed by atoms with Crippen molar-refractivity contribution < 1.29 is 14.6 Å². The van der Waals surface area contributed by atoms with Crippen molar-refractivity contribution in [2.24, 2.45) is 0 Å². The van der Waals surface area contributed by atoms with Gasteiger partial charge in [0, 0.05) is 22.5 Å². The molecule has 0 amide bonds. The maximum Gasteiger partial charge on any atom is 0.307 e. The Kier molecular flexibility index (Phi) is 3.98. The second-order valence-electron chi connectivity index (χ2n) is 4.50. The number of aryl methyl sites for hydroxylation is 2. The molecule has 0 aliphatic rings. The molecule has 5 nitrogen and oxygen atoms in total. The van der Waals surface area contributed by atoms with Gasteiger partial charge in [0.05, 0.1) is 13.5 Å². The van der Waals surface area contributed by atoms with E-state index < -0.39 is 5.97 Å². The fourth-order valence-corrected chi connectivity index (χ4v) is 2.04. The van der Waals surface area contributed by atoms with Crippen LogP contribution in [0.4, 0.5) is 0 Å². The second-order valence-corrected chi connectivity index (χ2v) is 4.50. The van der Waals surface area contributed by atoms with Gasteiger partial charge in [0.25, 0.3) is 0 Å². The van der Waals surface area contributed by atoms with Crippen LogP contribution in [0.2, 0.25) is 0 Å². The third kappa shape index (κ3) is 2.93. The highest BCUT2D eigenvalue weighted by Gasteiger charge is 2.13. The molecule has 0 spiro atoms. The molecule has 0 saturated carbocycles. The maximum absolute atomic E-state index is 10.8. The van der Waals surface area contributed by atoms with Crippen LogP contribution in [-0.4, -0.2) is 28.2 Å². The lowest BCUT2D eigenvalue weighted by atomic mass is 10.1. The van der Waals surface area contributed by atoms with E-state index in [1.54, 1.807) is 21.0 Å². The van der Waals surface area contributed by atoms with E-state index in [0.29, 0.717) is 22.8 Å². The summed E-state index contributed by atoms with van der Waals surface area (Å²) in [4.78, 5) is 19.6. The second kappa shape index (κ2) is 5.69. The molecule has 20 heavy (non-hydrogen) atoms. The normalized spacial score (nSPS) is 10.3. The molecule has 2 aromatic rings. The first-order valence-corrected chi connectivity index (χ1v) is 6.21. The molecule has 1 aromatic carbocycles. The highest BCUT2D eigenvalue weighted by atomic mass is 16.5. The average molecular weight is 272 g/mol. The molecule has 0 fully saturated rings. The number of rotatable bonds is 4. The number of hydrogen-bond acceptors (Lipinski definition) is 4. The van der Waals surface area contributed by atoms with Crippen LogP contribution in [0, 0.1) is 13.8 Å². The van der Waals surface area contributed by atoms with Crippen LogP contribution in [0.3, 0.4) is 0 Å². The molecular weight excluding hydrogens is 256 g/mol. The SMILES string of the molecule is COc1cccc(-c2nc(C)c(CC(=O)O)c(C)n2)c1. The van der Waals surface area contributed by atoms with Crippen molar-refractivity contribution >= 4 is 5.97 Å². The first kappa shape index (κ1) is 14.0. The van der Waals surface area contributed by atoms with Gasteiger partial charge in [0.1, 0.15) is 5.75 Å². The lowest BCUT2D eigenvalue weighted by Crippen LogP contribution is -2.08. The number of benzene rings is 1. The molecule has 0 aliphatic heterocycles. The molecule has 1 heterocycles. The largest absolute Gasteiger partial charge is 0.497 e. The third-order valence-electron chi connectivity index (χ3n) is 3.08. The first-order chi connectivity index (χ1) is 9.51. The molecule has 0 aliphatic carbocycles. The summed E-state index contributed by atoms with van der Waals surface area (Å²) in [6, 6.07) is 7.47. The average Bonchev–Trinajstić information content (AvgIpc) is 2.42. The Hall–Kier alpha value is -2.43. The fourth-order valence-electron chi connectivity index (χ4n) is 2.04. The van der Waals surface area contributed by atoms with Gasteiger partial charge in [0.2, 0.25) is 0 Å². The fraction of sp³-hybridized carbons (Fsp3) is 0.267. The maximum atomic E-state index is 10.8. The molecule has 0 radical (unpaired) electrons. The predicted molar refractivity (Wildman–Crippen MR) is 74.8 cm³/mol. The number of nitrogens with zero attached hydrogens (tertiary/aromatic N) is 2. The van der Waals surface area contributed by atoms with E-state index in [9.17, 15) is 4.79 Å². The van der Waals surface area contributed by atoms with Crippen molar-refractivity contribution in [1.29, 1.82) is 0 Å². The number of hydrogen-bond donors (Lipinski definition) is 1. The van der Waals surface area contributed by atoms with Crippen molar-refractivity contribution in [3.8, 4) is 17.1 Å². The molecule has 2 rings (SSSR count). The van der Waals surface area contributed by atoms with Gasteiger partial charge < -0.3 is 9.84 Å². The van der Waals surface area contributed by atoms with Crippen molar-refractivity contribution in [2.75, 3.05) is 7.11 Å². The summed E-state index contributed by atoms with van der Waals surface area (Å²) in [5.41, 5.74) is 2.90. The molecule has 0 atom stereocenters. The minimum atomic E-state index is -0.881. The molecule has 1 aromatic heterocycles. The number of carboxylic acids is 1. The van der Waals surface area contributed by atoms with Crippen LogP contribution >= 0.6 is 0 Å². The number of methoxy groups -OCH3 is 1. The molecule has 0 saturated heterocycles. The van der Waals surface area contributed by atoms with Gasteiger partial charge in [-0.2, -0.15) is 0 Å². The van der Waals surface area contributed by atoms with Gasteiger partial charge in [-0.3, -0.25) is 4.79 Å². The summed E-state index contributed by atoms with van der Waals surface area (Å²) in [6.45, 7) is 3.60. The van der Waals surface area contributed by atoms with Gasteiger partial charge in [0.15, 0.2) is 5.82 Å². The van der Waals surface area contributed by atoms with Crippen LogP contribution in [0.5, 0.6) is 5.75 Å². The van der Waals surface area contributed by atoms with E-state index >= 15 is 0 Å². The summed E-state index contributed by atoms with van der Waals surface area (Å²) in [7, 11) is 1.60. The zero-order valence-electron chi connectivity index (χ0n) is 11.7. The van der Waals surface area contributed by atoms with E-state index in [0.717, 1.165) is 11.3 Å². The van der Waals surface area contributed by atoms with Gasteiger partial charge in [-0.1, -0.05) is 12.1 Å². The van der Waals surface area contributed by atoms with Crippen LogP contribution in [-0.2, 0) is 11.2 Å². The number of aliphatic carboxylic acids is 1. The Morgan fingerprint density at radius 1 is 1.25 bits per heavy atom. The molecule has 1 N–H and O–H groups in total. The van der Waals surface area contributed by atoms with Crippen molar-refractivity contribution in [3.63, 3.8) is 0 Å². The third-order valence-corrected chi connectivity index (χ3v) is 3.08. The lowest BCUT2D eigenvalue weighted by Gasteiger charge is -2.10. The summed E-state index contributed by atoms with van der Waals surface area (Å²) < 4.78 is 5.18. The van der Waals surface area contributed by atoms with E-state index in [1.807, 2.05) is 24.3 Å². The number of carbonyl (C=O) groups is 1. The zero-order chi connectivity index (χ0) is 14.7. The Morgan fingerprint density at radius 2 is 1.90 bits per heavy atom. The topological polar surface area (TPSA) is 72.3 Å². The van der Waals surface area contributed by atoms with E-state index in [1.165, 1.54) is 0 Å². The van der Waals surface area contributed by atoms with E-state index in [4.69, 9.17) is 9.84 Å². The quantitative estimate of drug-likeness (QED) is 0.925. The summed E-state index contributed by atoms with van der Waals surface area (Å²) in [5.74, 6) is 0.429. The Morgan fingerprint density at radius 3 is 2.45 bits per heavy atom. The molecule has 5 heteroatoms.